The van der Waals surface area contributed by atoms with Crippen LogP contribution in [0.15, 0.2) is 11.0 Å². The summed E-state index contributed by atoms with van der Waals surface area (Å²) in [5.74, 6) is 2.73. The van der Waals surface area contributed by atoms with Crippen molar-refractivity contribution in [1.82, 2.24) is 15.3 Å². The first kappa shape index (κ1) is 17.4. The molecule has 0 aromatic carbocycles. The monoisotopic (exact) mass is 373 g/mol. The number of amides is 1. The number of aromatic amines is 1. The summed E-state index contributed by atoms with van der Waals surface area (Å²) in [7, 11) is 0. The van der Waals surface area contributed by atoms with E-state index in [4.69, 9.17) is 9.47 Å². The molecule has 0 unspecified atom stereocenters. The summed E-state index contributed by atoms with van der Waals surface area (Å²) >= 11 is 0. The molecule has 4 aliphatic carbocycles. The fraction of sp³-hybridized carbons (Fsp3) is 0.750. The minimum atomic E-state index is -0.407. The maximum Gasteiger partial charge on any atom is 0.263 e. The van der Waals surface area contributed by atoms with Crippen molar-refractivity contribution in [3.05, 3.63) is 27.9 Å². The molecule has 1 aliphatic heterocycles. The number of nitrogens with zero attached hydrogens (tertiary/aromatic N) is 1. The molecule has 4 bridgehead atoms. The number of carbonyl (C=O) groups excluding carboxylic acids is 1. The third kappa shape index (κ3) is 3.21. The van der Waals surface area contributed by atoms with Crippen LogP contribution in [0.1, 0.15) is 54.7 Å². The Kier molecular flexibility index (Phi) is 4.31. The average molecular weight is 373 g/mol. The molecule has 146 valence electrons. The van der Waals surface area contributed by atoms with Crippen molar-refractivity contribution in [2.24, 2.45) is 17.8 Å². The first-order valence-corrected chi connectivity index (χ1v) is 10.2. The number of carbonyl (C=O) groups is 1. The van der Waals surface area contributed by atoms with Gasteiger partial charge in [-0.3, -0.25) is 9.59 Å². The van der Waals surface area contributed by atoms with Crippen LogP contribution in [0.25, 0.3) is 0 Å². The van der Waals surface area contributed by atoms with E-state index in [-0.39, 0.29) is 22.6 Å². The third-order valence-corrected chi connectivity index (χ3v) is 6.96. The molecule has 4 saturated carbocycles. The van der Waals surface area contributed by atoms with Crippen LogP contribution in [0, 0.1) is 17.8 Å². The molecule has 2 heterocycles. The van der Waals surface area contributed by atoms with Gasteiger partial charge in [0.1, 0.15) is 11.4 Å². The molecule has 27 heavy (non-hydrogen) atoms. The second-order valence-electron chi connectivity index (χ2n) is 8.95. The predicted molar refractivity (Wildman–Crippen MR) is 97.6 cm³/mol. The van der Waals surface area contributed by atoms with Gasteiger partial charge >= 0.3 is 0 Å². The van der Waals surface area contributed by atoms with E-state index >= 15 is 0 Å². The summed E-state index contributed by atoms with van der Waals surface area (Å²) in [6.07, 6.45) is 8.72. The van der Waals surface area contributed by atoms with Crippen molar-refractivity contribution >= 4 is 5.91 Å². The van der Waals surface area contributed by atoms with Crippen LogP contribution in [-0.4, -0.2) is 48.3 Å². The van der Waals surface area contributed by atoms with Crippen molar-refractivity contribution in [3.63, 3.8) is 0 Å². The molecule has 0 radical (unpaired) electrons. The summed E-state index contributed by atoms with van der Waals surface area (Å²) < 4.78 is 10.8. The van der Waals surface area contributed by atoms with E-state index in [1.54, 1.807) is 0 Å². The largest absolute Gasteiger partial charge is 0.376 e. The van der Waals surface area contributed by atoms with Gasteiger partial charge in [-0.25, -0.2) is 4.98 Å². The van der Waals surface area contributed by atoms with Gasteiger partial charge < -0.3 is 19.8 Å². The molecule has 1 aromatic heterocycles. The molecular weight excluding hydrogens is 346 g/mol. The zero-order chi connectivity index (χ0) is 18.4. The van der Waals surface area contributed by atoms with Gasteiger partial charge in [-0.2, -0.15) is 0 Å². The average Bonchev–Trinajstić information content (AvgIpc) is 2.66. The van der Waals surface area contributed by atoms with Crippen LogP contribution in [0.3, 0.4) is 0 Å². The molecular formula is C20H27N3O4. The highest BCUT2D eigenvalue weighted by Crippen LogP contribution is 2.59. The van der Waals surface area contributed by atoms with Crippen LogP contribution in [0.5, 0.6) is 0 Å². The van der Waals surface area contributed by atoms with Crippen LogP contribution in [-0.2, 0) is 14.9 Å². The van der Waals surface area contributed by atoms with Crippen LogP contribution in [0.4, 0.5) is 0 Å². The smallest absolute Gasteiger partial charge is 0.263 e. The summed E-state index contributed by atoms with van der Waals surface area (Å²) in [5, 5.41) is 2.76. The molecule has 1 aromatic rings. The van der Waals surface area contributed by atoms with Crippen LogP contribution in [0.2, 0.25) is 0 Å². The van der Waals surface area contributed by atoms with Crippen molar-refractivity contribution < 1.29 is 14.3 Å². The van der Waals surface area contributed by atoms with Crippen molar-refractivity contribution in [2.45, 2.75) is 50.0 Å². The lowest BCUT2D eigenvalue weighted by Gasteiger charge is -2.56. The van der Waals surface area contributed by atoms with E-state index < -0.39 is 5.91 Å². The Morgan fingerprint density at radius 3 is 2.48 bits per heavy atom. The lowest BCUT2D eigenvalue weighted by molar-refractivity contribution is -0.0855. The van der Waals surface area contributed by atoms with Crippen molar-refractivity contribution in [3.8, 4) is 0 Å². The summed E-state index contributed by atoms with van der Waals surface area (Å²) in [6, 6.07) is 0. The number of hydrogen-bond donors (Lipinski definition) is 2. The molecule has 1 atom stereocenters. The molecule has 0 spiro atoms. The molecule has 2 N–H and O–H groups in total. The maximum absolute atomic E-state index is 12.6. The van der Waals surface area contributed by atoms with Gasteiger partial charge in [-0.05, 0) is 56.3 Å². The normalized spacial score (nSPS) is 37.3. The Morgan fingerprint density at radius 1 is 1.19 bits per heavy atom. The fourth-order valence-corrected chi connectivity index (χ4v) is 6.18. The topological polar surface area (TPSA) is 93.3 Å². The summed E-state index contributed by atoms with van der Waals surface area (Å²) in [6.45, 7) is 1.90. The third-order valence-electron chi connectivity index (χ3n) is 6.96. The fourth-order valence-electron chi connectivity index (χ4n) is 6.18. The van der Waals surface area contributed by atoms with Gasteiger partial charge in [0.2, 0.25) is 0 Å². The van der Waals surface area contributed by atoms with Crippen molar-refractivity contribution in [2.75, 3.05) is 26.4 Å². The molecule has 7 nitrogen and oxygen atoms in total. The SMILES string of the molecule is O=C(NC[C@H]1COCCO1)c1cnc(C23CC4CC(CC(C4)C2)C3)[nH]c1=O. The van der Waals surface area contributed by atoms with Gasteiger partial charge in [0, 0.05) is 18.2 Å². The zero-order valence-corrected chi connectivity index (χ0v) is 15.5. The minimum absolute atomic E-state index is 0.0240. The number of hydrogen-bond acceptors (Lipinski definition) is 5. The molecule has 5 aliphatic rings. The second kappa shape index (κ2) is 6.71. The Morgan fingerprint density at radius 2 is 1.89 bits per heavy atom. The molecule has 7 heteroatoms. The first-order chi connectivity index (χ1) is 13.1. The van der Waals surface area contributed by atoms with Crippen LogP contribution < -0.4 is 10.9 Å². The number of ether oxygens (including phenoxy) is 2. The van der Waals surface area contributed by atoms with E-state index in [2.05, 4.69) is 15.3 Å². The molecule has 1 saturated heterocycles. The van der Waals surface area contributed by atoms with E-state index in [0.29, 0.717) is 26.4 Å². The highest BCUT2D eigenvalue weighted by atomic mass is 16.6. The minimum Gasteiger partial charge on any atom is -0.376 e. The van der Waals surface area contributed by atoms with Gasteiger partial charge in [0.05, 0.1) is 25.9 Å². The quantitative estimate of drug-likeness (QED) is 0.832. The second-order valence-corrected chi connectivity index (χ2v) is 8.95. The lowest BCUT2D eigenvalue weighted by Crippen LogP contribution is -2.50. The number of rotatable bonds is 4. The molecule has 6 rings (SSSR count). The Balaban J connectivity index is 1.31. The van der Waals surface area contributed by atoms with E-state index in [9.17, 15) is 9.59 Å². The zero-order valence-electron chi connectivity index (χ0n) is 15.5. The maximum atomic E-state index is 12.6. The summed E-state index contributed by atoms with van der Waals surface area (Å²) in [4.78, 5) is 32.6. The standard InChI is InChI=1S/C20H27N3O4/c24-17(21-9-15-11-26-1-2-27-15)16-10-22-19(23-18(16)25)20-6-12-3-13(7-20)5-14(4-12)8-20/h10,12-15H,1-9,11H2,(H,21,24)(H,22,23,25)/t12?,13?,14?,15-,20?/m0/s1. The number of H-pyrrole nitrogens is 1. The first-order valence-electron chi connectivity index (χ1n) is 10.2. The molecule has 1 amide bonds. The Labute approximate surface area is 158 Å². The number of nitrogens with one attached hydrogen (secondary N) is 2. The van der Waals surface area contributed by atoms with Crippen LogP contribution >= 0.6 is 0 Å². The van der Waals surface area contributed by atoms with E-state index in [1.165, 1.54) is 25.5 Å². The van der Waals surface area contributed by atoms with Gasteiger partial charge in [0.25, 0.3) is 11.5 Å². The molecule has 5 fully saturated rings. The highest BCUT2D eigenvalue weighted by Gasteiger charge is 2.52. The Hall–Kier alpha value is -1.73. The van der Waals surface area contributed by atoms with E-state index in [0.717, 1.165) is 42.8 Å². The highest BCUT2D eigenvalue weighted by molar-refractivity contribution is 5.93. The van der Waals surface area contributed by atoms with Gasteiger partial charge in [-0.15, -0.1) is 0 Å². The predicted octanol–water partition coefficient (Wildman–Crippen LogP) is 1.38. The van der Waals surface area contributed by atoms with E-state index in [1.807, 2.05) is 0 Å². The van der Waals surface area contributed by atoms with Gasteiger partial charge in [0.15, 0.2) is 0 Å². The lowest BCUT2D eigenvalue weighted by atomic mass is 9.49. The summed E-state index contributed by atoms with van der Waals surface area (Å²) in [5.41, 5.74) is -0.245. The van der Waals surface area contributed by atoms with Gasteiger partial charge in [-0.1, -0.05) is 0 Å². The Bertz CT molecular complexity index is 748. The number of aromatic nitrogens is 2. The van der Waals surface area contributed by atoms with Crippen molar-refractivity contribution in [1.29, 1.82) is 0 Å².